The van der Waals surface area contributed by atoms with Crippen LogP contribution in [0.4, 0.5) is 0 Å². The van der Waals surface area contributed by atoms with Gasteiger partial charge in [0.15, 0.2) is 9.84 Å². The Kier molecular flexibility index (Phi) is 4.96. The minimum Gasteiger partial charge on any atom is -0.330 e. The number of aryl methyl sites for hydroxylation is 1. The number of hydrogen-bond acceptors (Lipinski definition) is 5. The molecule has 0 radical (unpaired) electrons. The maximum atomic E-state index is 12.6. The standard InChI is InChI=1S/C14H22N2O4S2/c1-10-6-7-12(21(2,17)18)8-14(10)22(19,20)16-13-5-3-4-11(13)9-15/h6-8,11,13,16H,3-5,9,15H2,1-2H3. The van der Waals surface area contributed by atoms with Crippen LogP contribution < -0.4 is 10.5 Å². The molecular weight excluding hydrogens is 324 g/mol. The Labute approximate surface area is 132 Å². The highest BCUT2D eigenvalue weighted by atomic mass is 32.2. The first-order chi connectivity index (χ1) is 10.1. The number of nitrogens with one attached hydrogen (secondary N) is 1. The molecule has 0 bridgehead atoms. The molecule has 0 amide bonds. The quantitative estimate of drug-likeness (QED) is 0.820. The number of benzene rings is 1. The Morgan fingerprint density at radius 2 is 1.91 bits per heavy atom. The molecule has 3 N–H and O–H groups in total. The van der Waals surface area contributed by atoms with Crippen LogP contribution in [0.25, 0.3) is 0 Å². The molecule has 0 spiro atoms. The van der Waals surface area contributed by atoms with Crippen molar-refractivity contribution in [2.24, 2.45) is 11.7 Å². The zero-order valence-corrected chi connectivity index (χ0v) is 14.4. The number of sulfone groups is 1. The van der Waals surface area contributed by atoms with Crippen LogP contribution in [0.15, 0.2) is 28.0 Å². The van der Waals surface area contributed by atoms with E-state index in [0.717, 1.165) is 25.5 Å². The molecule has 8 heteroatoms. The van der Waals surface area contributed by atoms with E-state index in [2.05, 4.69) is 4.72 Å². The van der Waals surface area contributed by atoms with Gasteiger partial charge in [0.05, 0.1) is 9.79 Å². The van der Waals surface area contributed by atoms with Crippen molar-refractivity contribution in [3.05, 3.63) is 23.8 Å². The monoisotopic (exact) mass is 346 g/mol. The number of nitrogens with two attached hydrogens (primary N) is 1. The lowest BCUT2D eigenvalue weighted by Crippen LogP contribution is -2.40. The molecule has 1 aromatic rings. The van der Waals surface area contributed by atoms with Gasteiger partial charge in [-0.1, -0.05) is 12.5 Å². The predicted molar refractivity (Wildman–Crippen MR) is 84.8 cm³/mol. The van der Waals surface area contributed by atoms with Crippen LogP contribution in [-0.4, -0.2) is 35.7 Å². The fourth-order valence-corrected chi connectivity index (χ4v) is 5.17. The van der Waals surface area contributed by atoms with Crippen molar-refractivity contribution in [3.8, 4) is 0 Å². The third kappa shape index (κ3) is 3.68. The molecule has 0 aliphatic heterocycles. The highest BCUT2D eigenvalue weighted by Gasteiger charge is 2.31. The van der Waals surface area contributed by atoms with Crippen LogP contribution in [0.3, 0.4) is 0 Å². The highest BCUT2D eigenvalue weighted by Crippen LogP contribution is 2.27. The Morgan fingerprint density at radius 1 is 1.23 bits per heavy atom. The van der Waals surface area contributed by atoms with Crippen molar-refractivity contribution < 1.29 is 16.8 Å². The van der Waals surface area contributed by atoms with Crippen molar-refractivity contribution in [2.45, 2.75) is 42.0 Å². The van der Waals surface area contributed by atoms with Crippen LogP contribution in [0.1, 0.15) is 24.8 Å². The van der Waals surface area contributed by atoms with E-state index in [-0.39, 0.29) is 21.8 Å². The fourth-order valence-electron chi connectivity index (χ4n) is 2.84. The second kappa shape index (κ2) is 6.27. The van der Waals surface area contributed by atoms with Crippen molar-refractivity contribution in [3.63, 3.8) is 0 Å². The number of hydrogen-bond donors (Lipinski definition) is 2. The first-order valence-electron chi connectivity index (χ1n) is 7.18. The van der Waals surface area contributed by atoms with Gasteiger partial charge >= 0.3 is 0 Å². The lowest BCUT2D eigenvalue weighted by Gasteiger charge is -2.20. The number of rotatable bonds is 5. The van der Waals surface area contributed by atoms with Gasteiger partial charge in [-0.15, -0.1) is 0 Å². The molecule has 22 heavy (non-hydrogen) atoms. The van der Waals surface area contributed by atoms with E-state index in [1.807, 2.05) is 0 Å². The van der Waals surface area contributed by atoms with Crippen molar-refractivity contribution in [2.75, 3.05) is 12.8 Å². The summed E-state index contributed by atoms with van der Waals surface area (Å²) in [6.45, 7) is 2.09. The summed E-state index contributed by atoms with van der Waals surface area (Å²) in [6, 6.07) is 3.97. The molecule has 1 aromatic carbocycles. The summed E-state index contributed by atoms with van der Waals surface area (Å²) < 4.78 is 51.2. The smallest absolute Gasteiger partial charge is 0.241 e. The molecule has 1 fully saturated rings. The maximum absolute atomic E-state index is 12.6. The predicted octanol–water partition coefficient (Wildman–Crippen LogP) is 0.804. The maximum Gasteiger partial charge on any atom is 0.241 e. The second-order valence-corrected chi connectivity index (χ2v) is 9.55. The molecule has 0 saturated heterocycles. The highest BCUT2D eigenvalue weighted by molar-refractivity contribution is 7.91. The summed E-state index contributed by atoms with van der Waals surface area (Å²) in [5.41, 5.74) is 6.19. The Bertz CT molecular complexity index is 757. The molecule has 2 unspecified atom stereocenters. The van der Waals surface area contributed by atoms with Gasteiger partial charge in [0.25, 0.3) is 0 Å². The summed E-state index contributed by atoms with van der Waals surface area (Å²) in [5, 5.41) is 0. The van der Waals surface area contributed by atoms with E-state index >= 15 is 0 Å². The van der Waals surface area contributed by atoms with Crippen LogP contribution in [-0.2, 0) is 19.9 Å². The van der Waals surface area contributed by atoms with E-state index in [0.29, 0.717) is 12.1 Å². The van der Waals surface area contributed by atoms with Gasteiger partial charge in [-0.05, 0) is 49.9 Å². The normalized spacial score (nSPS) is 22.9. The minimum absolute atomic E-state index is 0.000252. The lowest BCUT2D eigenvalue weighted by molar-refractivity contribution is 0.452. The molecule has 124 valence electrons. The van der Waals surface area contributed by atoms with Gasteiger partial charge in [-0.2, -0.15) is 0 Å². The van der Waals surface area contributed by atoms with E-state index in [9.17, 15) is 16.8 Å². The van der Waals surface area contributed by atoms with Gasteiger partial charge in [-0.3, -0.25) is 0 Å². The fraction of sp³-hybridized carbons (Fsp3) is 0.571. The molecule has 6 nitrogen and oxygen atoms in total. The van der Waals surface area contributed by atoms with Crippen molar-refractivity contribution in [1.82, 2.24) is 4.72 Å². The molecule has 0 aromatic heterocycles. The first kappa shape index (κ1) is 17.4. The van der Waals surface area contributed by atoms with Crippen molar-refractivity contribution in [1.29, 1.82) is 0 Å². The molecule has 1 aliphatic rings. The zero-order valence-electron chi connectivity index (χ0n) is 12.7. The van der Waals surface area contributed by atoms with Crippen LogP contribution >= 0.6 is 0 Å². The molecule has 1 aliphatic carbocycles. The molecule has 1 saturated carbocycles. The molecule has 0 heterocycles. The third-order valence-electron chi connectivity index (χ3n) is 4.15. The summed E-state index contributed by atoms with van der Waals surface area (Å²) in [6.07, 6.45) is 3.66. The Morgan fingerprint density at radius 3 is 2.50 bits per heavy atom. The van der Waals surface area contributed by atoms with Crippen LogP contribution in [0.5, 0.6) is 0 Å². The van der Waals surface area contributed by atoms with Gasteiger partial charge < -0.3 is 5.73 Å². The van der Waals surface area contributed by atoms with E-state index in [1.54, 1.807) is 6.92 Å². The largest absolute Gasteiger partial charge is 0.330 e. The average Bonchev–Trinajstić information content (AvgIpc) is 2.84. The third-order valence-corrected chi connectivity index (χ3v) is 6.89. The first-order valence-corrected chi connectivity index (χ1v) is 10.6. The molecular formula is C14H22N2O4S2. The summed E-state index contributed by atoms with van der Waals surface area (Å²) in [4.78, 5) is 0.0124. The van der Waals surface area contributed by atoms with Crippen molar-refractivity contribution >= 4 is 19.9 Å². The van der Waals surface area contributed by atoms with E-state index in [4.69, 9.17) is 5.73 Å². The molecule has 2 atom stereocenters. The summed E-state index contributed by atoms with van der Waals surface area (Å²) in [7, 11) is -7.23. The summed E-state index contributed by atoms with van der Waals surface area (Å²) >= 11 is 0. The van der Waals surface area contributed by atoms with E-state index in [1.165, 1.54) is 18.2 Å². The Balaban J connectivity index is 2.37. The summed E-state index contributed by atoms with van der Waals surface area (Å²) in [5.74, 6) is 0.133. The Hall–Kier alpha value is -0.960. The van der Waals surface area contributed by atoms with Gasteiger partial charge in [0, 0.05) is 12.3 Å². The second-order valence-electron chi connectivity index (χ2n) is 5.85. The minimum atomic E-state index is -3.77. The van der Waals surface area contributed by atoms with Gasteiger partial charge in [0.2, 0.25) is 10.0 Å². The molecule has 2 rings (SSSR count). The van der Waals surface area contributed by atoms with Crippen LogP contribution in [0.2, 0.25) is 0 Å². The van der Waals surface area contributed by atoms with Gasteiger partial charge in [-0.25, -0.2) is 21.6 Å². The lowest BCUT2D eigenvalue weighted by atomic mass is 10.1. The van der Waals surface area contributed by atoms with Crippen LogP contribution in [0, 0.1) is 12.8 Å². The number of sulfonamides is 1. The average molecular weight is 346 g/mol. The van der Waals surface area contributed by atoms with E-state index < -0.39 is 19.9 Å². The zero-order chi connectivity index (χ0) is 16.5. The van der Waals surface area contributed by atoms with Gasteiger partial charge in [0.1, 0.15) is 0 Å². The topological polar surface area (TPSA) is 106 Å². The SMILES string of the molecule is Cc1ccc(S(C)(=O)=O)cc1S(=O)(=O)NC1CCCC1CN.